The van der Waals surface area contributed by atoms with E-state index in [1.54, 1.807) is 0 Å². The SMILES string of the molecule is c1ccc(-c2cc(-c3ccc4ccccc4c3)nc(-c3cccc4c3oc3c4ccc4c3c3ccccc3n4-c3ccccc3)n2)cc1. The van der Waals surface area contributed by atoms with E-state index < -0.39 is 0 Å². The van der Waals surface area contributed by atoms with Crippen LogP contribution in [-0.2, 0) is 0 Å². The molecule has 0 aliphatic heterocycles. The summed E-state index contributed by atoms with van der Waals surface area (Å²) < 4.78 is 9.28. The normalized spacial score (nSPS) is 11.8. The standard InChI is InChI=1S/C44H27N3O/c1-3-13-29(14-4-1)37-27-38(31-23-22-28-12-7-8-15-30(28)26-31)46-44(45-37)36-20-11-19-33-34-24-25-40-41(43(34)48-42(33)36)35-18-9-10-21-39(35)47(40)32-16-5-2-6-17-32/h1-27H. The molecule has 10 aromatic rings. The number of hydrogen-bond donors (Lipinski definition) is 0. The highest BCUT2D eigenvalue weighted by molar-refractivity contribution is 6.24. The van der Waals surface area contributed by atoms with Crippen molar-refractivity contribution in [3.8, 4) is 39.6 Å². The number of furan rings is 1. The van der Waals surface area contributed by atoms with Crippen LogP contribution in [0.1, 0.15) is 0 Å². The third-order valence-corrected chi connectivity index (χ3v) is 9.40. The van der Waals surface area contributed by atoms with Crippen LogP contribution in [0.25, 0.3) is 94.1 Å². The lowest BCUT2D eigenvalue weighted by Gasteiger charge is -2.10. The summed E-state index contributed by atoms with van der Waals surface area (Å²) in [7, 11) is 0. The van der Waals surface area contributed by atoms with E-state index in [0.717, 1.165) is 77.5 Å². The fourth-order valence-electron chi connectivity index (χ4n) is 7.16. The Hall–Kier alpha value is -6.52. The summed E-state index contributed by atoms with van der Waals surface area (Å²) >= 11 is 0. The van der Waals surface area contributed by atoms with E-state index in [4.69, 9.17) is 14.4 Å². The van der Waals surface area contributed by atoms with Crippen molar-refractivity contribution in [3.63, 3.8) is 0 Å². The van der Waals surface area contributed by atoms with Crippen molar-refractivity contribution < 1.29 is 4.42 Å². The highest BCUT2D eigenvalue weighted by atomic mass is 16.3. The Morgan fingerprint density at radius 1 is 0.438 bits per heavy atom. The molecule has 0 amide bonds. The molecule has 0 N–H and O–H groups in total. The molecular formula is C44H27N3O. The predicted octanol–water partition coefficient (Wildman–Crippen LogP) is 11.6. The molecule has 0 unspecified atom stereocenters. The topological polar surface area (TPSA) is 43.9 Å². The first-order chi connectivity index (χ1) is 23.8. The van der Waals surface area contributed by atoms with E-state index in [1.807, 2.05) is 18.2 Å². The van der Waals surface area contributed by atoms with Gasteiger partial charge in [0.15, 0.2) is 5.82 Å². The second-order valence-corrected chi connectivity index (χ2v) is 12.2. The zero-order valence-electron chi connectivity index (χ0n) is 25.8. The van der Waals surface area contributed by atoms with E-state index in [9.17, 15) is 0 Å². The Balaban J connectivity index is 1.24. The van der Waals surface area contributed by atoms with Crippen molar-refractivity contribution in [2.75, 3.05) is 0 Å². The van der Waals surface area contributed by atoms with E-state index in [1.165, 1.54) is 10.8 Å². The fraction of sp³-hybridized carbons (Fsp3) is 0. The zero-order valence-corrected chi connectivity index (χ0v) is 25.8. The van der Waals surface area contributed by atoms with Gasteiger partial charge in [-0.1, -0.05) is 115 Å². The maximum Gasteiger partial charge on any atom is 0.164 e. The summed E-state index contributed by atoms with van der Waals surface area (Å²) in [5.74, 6) is 0.632. The average Bonchev–Trinajstić information content (AvgIpc) is 3.71. The molecule has 0 saturated carbocycles. The van der Waals surface area contributed by atoms with Crippen molar-refractivity contribution in [2.24, 2.45) is 0 Å². The number of benzene rings is 7. The number of para-hydroxylation sites is 3. The summed E-state index contributed by atoms with van der Waals surface area (Å²) in [6, 6.07) is 57.1. The molecule has 0 fully saturated rings. The Bertz CT molecular complexity index is 2830. The van der Waals surface area contributed by atoms with Crippen LogP contribution in [0.3, 0.4) is 0 Å². The lowest BCUT2D eigenvalue weighted by atomic mass is 10.0. The van der Waals surface area contributed by atoms with Crippen LogP contribution in [0.4, 0.5) is 0 Å². The molecule has 0 bridgehead atoms. The Kier molecular flexibility index (Phi) is 5.84. The summed E-state index contributed by atoms with van der Waals surface area (Å²) in [5, 5.41) is 6.75. The van der Waals surface area contributed by atoms with Gasteiger partial charge in [-0.3, -0.25) is 0 Å². The van der Waals surface area contributed by atoms with Gasteiger partial charge in [0.2, 0.25) is 0 Å². The molecule has 10 rings (SSSR count). The molecule has 3 aromatic heterocycles. The molecular weight excluding hydrogens is 587 g/mol. The third kappa shape index (κ3) is 4.10. The van der Waals surface area contributed by atoms with Gasteiger partial charge in [-0.15, -0.1) is 0 Å². The van der Waals surface area contributed by atoms with Crippen molar-refractivity contribution >= 4 is 54.5 Å². The van der Waals surface area contributed by atoms with Gasteiger partial charge in [-0.2, -0.15) is 0 Å². The minimum Gasteiger partial charge on any atom is -0.455 e. The van der Waals surface area contributed by atoms with E-state index in [2.05, 4.69) is 150 Å². The zero-order chi connectivity index (χ0) is 31.6. The lowest BCUT2D eigenvalue weighted by molar-refractivity contribution is 0.673. The van der Waals surface area contributed by atoms with Gasteiger partial charge in [-0.05, 0) is 59.3 Å². The first kappa shape index (κ1) is 26.7. The molecule has 0 atom stereocenters. The van der Waals surface area contributed by atoms with E-state index in [-0.39, 0.29) is 0 Å². The molecule has 3 heterocycles. The van der Waals surface area contributed by atoms with Gasteiger partial charge in [-0.25, -0.2) is 9.97 Å². The average molecular weight is 614 g/mol. The molecule has 0 aliphatic rings. The monoisotopic (exact) mass is 613 g/mol. The number of hydrogen-bond acceptors (Lipinski definition) is 3. The number of nitrogens with zero attached hydrogens (tertiary/aromatic N) is 3. The number of rotatable bonds is 4. The van der Waals surface area contributed by atoms with Crippen molar-refractivity contribution in [3.05, 3.63) is 164 Å². The maximum atomic E-state index is 6.96. The van der Waals surface area contributed by atoms with Gasteiger partial charge in [0.25, 0.3) is 0 Å². The van der Waals surface area contributed by atoms with Gasteiger partial charge < -0.3 is 8.98 Å². The predicted molar refractivity (Wildman–Crippen MR) is 197 cm³/mol. The molecule has 224 valence electrons. The third-order valence-electron chi connectivity index (χ3n) is 9.40. The minimum atomic E-state index is 0.632. The summed E-state index contributed by atoms with van der Waals surface area (Å²) in [6.45, 7) is 0. The van der Waals surface area contributed by atoms with Crippen molar-refractivity contribution in [1.29, 1.82) is 0 Å². The van der Waals surface area contributed by atoms with Crippen molar-refractivity contribution in [2.45, 2.75) is 0 Å². The van der Waals surface area contributed by atoms with Crippen molar-refractivity contribution in [1.82, 2.24) is 14.5 Å². The molecule has 0 saturated heterocycles. The molecule has 7 aromatic carbocycles. The van der Waals surface area contributed by atoms with Crippen LogP contribution in [0, 0.1) is 0 Å². The van der Waals surface area contributed by atoms with Crippen LogP contribution < -0.4 is 0 Å². The maximum absolute atomic E-state index is 6.96. The largest absolute Gasteiger partial charge is 0.455 e. The highest BCUT2D eigenvalue weighted by Gasteiger charge is 2.21. The van der Waals surface area contributed by atoms with Crippen LogP contribution in [0.2, 0.25) is 0 Å². The van der Waals surface area contributed by atoms with Crippen LogP contribution >= 0.6 is 0 Å². The van der Waals surface area contributed by atoms with Crippen LogP contribution in [0.5, 0.6) is 0 Å². The van der Waals surface area contributed by atoms with Crippen LogP contribution in [0.15, 0.2) is 168 Å². The summed E-state index contributed by atoms with van der Waals surface area (Å²) in [4.78, 5) is 10.4. The summed E-state index contributed by atoms with van der Waals surface area (Å²) in [5.41, 5.74) is 9.70. The number of fused-ring (bicyclic) bond motifs is 8. The summed E-state index contributed by atoms with van der Waals surface area (Å²) in [6.07, 6.45) is 0. The molecule has 0 radical (unpaired) electrons. The van der Waals surface area contributed by atoms with Gasteiger partial charge in [0.05, 0.1) is 33.4 Å². The Labute approximate surface area is 276 Å². The van der Waals surface area contributed by atoms with Gasteiger partial charge in [0, 0.05) is 33.0 Å². The first-order valence-electron chi connectivity index (χ1n) is 16.2. The van der Waals surface area contributed by atoms with Gasteiger partial charge in [0.1, 0.15) is 11.2 Å². The minimum absolute atomic E-state index is 0.632. The molecule has 4 nitrogen and oxygen atoms in total. The number of aromatic nitrogens is 3. The second kappa shape index (κ2) is 10.5. The first-order valence-corrected chi connectivity index (χ1v) is 16.2. The Morgan fingerprint density at radius 2 is 1.12 bits per heavy atom. The molecule has 48 heavy (non-hydrogen) atoms. The molecule has 4 heteroatoms. The fourth-order valence-corrected chi connectivity index (χ4v) is 7.16. The molecule has 0 spiro atoms. The van der Waals surface area contributed by atoms with Crippen LogP contribution in [-0.4, -0.2) is 14.5 Å². The Morgan fingerprint density at radius 3 is 1.98 bits per heavy atom. The second-order valence-electron chi connectivity index (χ2n) is 12.2. The van der Waals surface area contributed by atoms with E-state index >= 15 is 0 Å². The quantitative estimate of drug-likeness (QED) is 0.198. The molecule has 0 aliphatic carbocycles. The van der Waals surface area contributed by atoms with Gasteiger partial charge >= 0.3 is 0 Å². The highest BCUT2D eigenvalue weighted by Crippen LogP contribution is 2.43. The smallest absolute Gasteiger partial charge is 0.164 e. The lowest BCUT2D eigenvalue weighted by Crippen LogP contribution is -1.96. The van der Waals surface area contributed by atoms with E-state index in [0.29, 0.717) is 5.82 Å².